The van der Waals surface area contributed by atoms with Crippen LogP contribution in [0.3, 0.4) is 0 Å². The van der Waals surface area contributed by atoms with Crippen LogP contribution in [0.4, 0.5) is 0 Å². The summed E-state index contributed by atoms with van der Waals surface area (Å²) >= 11 is 0. The van der Waals surface area contributed by atoms with Gasteiger partial charge < -0.3 is 19.5 Å². The van der Waals surface area contributed by atoms with Crippen molar-refractivity contribution in [3.8, 4) is 5.75 Å². The van der Waals surface area contributed by atoms with Gasteiger partial charge in [0, 0.05) is 51.7 Å². The number of para-hydroxylation sites is 1. The topological polar surface area (TPSA) is 54.7 Å². The third kappa shape index (κ3) is 6.22. The first-order chi connectivity index (χ1) is 14.1. The number of methoxy groups -OCH3 is 1. The van der Waals surface area contributed by atoms with Gasteiger partial charge in [0.15, 0.2) is 5.96 Å². The van der Waals surface area contributed by atoms with E-state index in [0.29, 0.717) is 13.1 Å². The zero-order chi connectivity index (χ0) is 20.6. The zero-order valence-electron chi connectivity index (χ0n) is 18.0. The number of nitrogens with zero attached hydrogens (tertiary/aromatic N) is 4. The molecular formula is C23H30IN5O. The molecule has 0 radical (unpaired) electrons. The van der Waals surface area contributed by atoms with Crippen molar-refractivity contribution in [3.05, 3.63) is 83.4 Å². The molecule has 30 heavy (non-hydrogen) atoms. The largest absolute Gasteiger partial charge is 0.496 e. The normalized spacial score (nSPS) is 11.0. The molecule has 0 spiro atoms. The van der Waals surface area contributed by atoms with Crippen molar-refractivity contribution in [2.45, 2.75) is 26.6 Å². The van der Waals surface area contributed by atoms with Crippen LogP contribution in [0.2, 0.25) is 0 Å². The second-order valence-electron chi connectivity index (χ2n) is 6.99. The number of aryl methyl sites for hydroxylation is 1. The van der Waals surface area contributed by atoms with Crippen molar-refractivity contribution in [3.63, 3.8) is 0 Å². The summed E-state index contributed by atoms with van der Waals surface area (Å²) in [7, 11) is 5.53. The number of guanidine groups is 1. The number of aliphatic imine (C=N–C) groups is 1. The van der Waals surface area contributed by atoms with E-state index in [1.54, 1.807) is 14.2 Å². The maximum atomic E-state index is 5.46. The lowest BCUT2D eigenvalue weighted by Gasteiger charge is -2.23. The summed E-state index contributed by atoms with van der Waals surface area (Å²) < 4.78 is 7.61. The van der Waals surface area contributed by atoms with Gasteiger partial charge in [-0.2, -0.15) is 0 Å². The Kier molecular flexibility index (Phi) is 9.16. The van der Waals surface area contributed by atoms with Crippen molar-refractivity contribution < 1.29 is 4.74 Å². The zero-order valence-corrected chi connectivity index (χ0v) is 20.3. The number of nitrogens with one attached hydrogen (secondary N) is 1. The second-order valence-corrected chi connectivity index (χ2v) is 6.99. The molecular weight excluding hydrogens is 489 g/mol. The number of hydrogen-bond donors (Lipinski definition) is 1. The van der Waals surface area contributed by atoms with Crippen LogP contribution < -0.4 is 10.1 Å². The number of ether oxygens (including phenoxy) is 1. The fraction of sp³-hybridized carbons (Fsp3) is 0.304. The van der Waals surface area contributed by atoms with E-state index >= 15 is 0 Å². The molecule has 0 aliphatic heterocycles. The molecule has 0 aliphatic rings. The molecule has 3 rings (SSSR count). The van der Waals surface area contributed by atoms with Crippen molar-refractivity contribution >= 4 is 29.9 Å². The summed E-state index contributed by atoms with van der Waals surface area (Å²) in [6.07, 6.45) is 3.84. The first-order valence-electron chi connectivity index (χ1n) is 9.70. The summed E-state index contributed by atoms with van der Waals surface area (Å²) in [5, 5.41) is 3.46. The molecule has 0 saturated carbocycles. The standard InChI is InChI=1S/C23H29N5O.HI/c1-18-25-12-13-28(18)16-20-9-7-8-19(14-20)15-26-23(24-2)27(3)17-21-10-5-6-11-22(21)29-4;/h5-14H,15-17H2,1-4H3,(H,24,26);1H. The highest BCUT2D eigenvalue weighted by atomic mass is 127. The van der Waals surface area contributed by atoms with Crippen LogP contribution in [0.15, 0.2) is 65.9 Å². The van der Waals surface area contributed by atoms with Gasteiger partial charge in [-0.1, -0.05) is 42.5 Å². The summed E-state index contributed by atoms with van der Waals surface area (Å²) in [5.74, 6) is 2.75. The molecule has 0 amide bonds. The van der Waals surface area contributed by atoms with E-state index in [1.165, 1.54) is 11.1 Å². The third-order valence-corrected chi connectivity index (χ3v) is 4.89. The lowest BCUT2D eigenvalue weighted by atomic mass is 10.1. The van der Waals surface area contributed by atoms with E-state index in [9.17, 15) is 0 Å². The number of aromatic nitrogens is 2. The van der Waals surface area contributed by atoms with E-state index in [2.05, 4.69) is 55.1 Å². The van der Waals surface area contributed by atoms with Crippen LogP contribution >= 0.6 is 24.0 Å². The van der Waals surface area contributed by atoms with Gasteiger partial charge in [0.2, 0.25) is 0 Å². The molecule has 0 saturated heterocycles. The quantitative estimate of drug-likeness (QED) is 0.291. The Morgan fingerprint density at radius 2 is 1.93 bits per heavy atom. The summed E-state index contributed by atoms with van der Waals surface area (Å²) in [6.45, 7) is 4.26. The number of rotatable bonds is 7. The van der Waals surface area contributed by atoms with Gasteiger partial charge in [-0.15, -0.1) is 24.0 Å². The van der Waals surface area contributed by atoms with Gasteiger partial charge in [0.25, 0.3) is 0 Å². The number of imidazole rings is 1. The van der Waals surface area contributed by atoms with Crippen LogP contribution in [0.25, 0.3) is 0 Å². The van der Waals surface area contributed by atoms with Gasteiger partial charge in [-0.05, 0) is 24.1 Å². The molecule has 2 aromatic carbocycles. The molecule has 0 bridgehead atoms. The lowest BCUT2D eigenvalue weighted by Crippen LogP contribution is -2.38. The number of halogens is 1. The van der Waals surface area contributed by atoms with Gasteiger partial charge >= 0.3 is 0 Å². The van der Waals surface area contributed by atoms with Crippen LogP contribution in [0, 0.1) is 6.92 Å². The highest BCUT2D eigenvalue weighted by Crippen LogP contribution is 2.18. The molecule has 1 N–H and O–H groups in total. The van der Waals surface area contributed by atoms with Gasteiger partial charge in [0.1, 0.15) is 11.6 Å². The van der Waals surface area contributed by atoms with Crippen molar-refractivity contribution in [1.29, 1.82) is 0 Å². The van der Waals surface area contributed by atoms with Crippen LogP contribution in [-0.4, -0.2) is 41.6 Å². The predicted molar refractivity (Wildman–Crippen MR) is 133 cm³/mol. The first-order valence-corrected chi connectivity index (χ1v) is 9.70. The Morgan fingerprint density at radius 1 is 1.17 bits per heavy atom. The molecule has 0 fully saturated rings. The Bertz CT molecular complexity index is 969. The monoisotopic (exact) mass is 519 g/mol. The summed E-state index contributed by atoms with van der Waals surface area (Å²) in [4.78, 5) is 10.8. The minimum absolute atomic E-state index is 0. The van der Waals surface area contributed by atoms with Crippen molar-refractivity contribution in [2.24, 2.45) is 4.99 Å². The Labute approximate surface area is 196 Å². The maximum Gasteiger partial charge on any atom is 0.193 e. The minimum Gasteiger partial charge on any atom is -0.496 e. The molecule has 0 atom stereocenters. The molecule has 160 valence electrons. The fourth-order valence-corrected chi connectivity index (χ4v) is 3.34. The third-order valence-electron chi connectivity index (χ3n) is 4.89. The predicted octanol–water partition coefficient (Wildman–Crippen LogP) is 4.07. The number of hydrogen-bond acceptors (Lipinski definition) is 3. The van der Waals surface area contributed by atoms with Gasteiger partial charge in [0.05, 0.1) is 7.11 Å². The Morgan fingerprint density at radius 3 is 2.63 bits per heavy atom. The minimum atomic E-state index is 0. The van der Waals surface area contributed by atoms with Gasteiger partial charge in [-0.25, -0.2) is 4.98 Å². The van der Waals surface area contributed by atoms with Crippen molar-refractivity contribution in [1.82, 2.24) is 19.8 Å². The average Bonchev–Trinajstić information content (AvgIpc) is 3.13. The molecule has 0 unspecified atom stereocenters. The molecule has 7 heteroatoms. The summed E-state index contributed by atoms with van der Waals surface area (Å²) in [5.41, 5.74) is 3.59. The SMILES string of the molecule is CN=C(NCc1cccc(Cn2ccnc2C)c1)N(C)Cc1ccccc1OC.I. The molecule has 3 aromatic rings. The second kappa shape index (κ2) is 11.6. The van der Waals surface area contributed by atoms with E-state index in [0.717, 1.165) is 29.6 Å². The lowest BCUT2D eigenvalue weighted by molar-refractivity contribution is 0.396. The molecule has 0 aliphatic carbocycles. The van der Waals surface area contributed by atoms with Crippen LogP contribution in [0.1, 0.15) is 22.5 Å². The highest BCUT2D eigenvalue weighted by Gasteiger charge is 2.10. The maximum absolute atomic E-state index is 5.46. The van der Waals surface area contributed by atoms with Gasteiger partial charge in [-0.3, -0.25) is 4.99 Å². The molecule has 1 heterocycles. The molecule has 1 aromatic heterocycles. The first kappa shape index (κ1) is 23.7. The van der Waals surface area contributed by atoms with Crippen molar-refractivity contribution in [2.75, 3.05) is 21.2 Å². The number of benzene rings is 2. The molecule has 6 nitrogen and oxygen atoms in total. The Hall–Kier alpha value is -2.55. The van der Waals surface area contributed by atoms with Crippen LogP contribution in [-0.2, 0) is 19.6 Å². The van der Waals surface area contributed by atoms with E-state index in [4.69, 9.17) is 4.74 Å². The Balaban J connectivity index is 0.00000320. The van der Waals surface area contributed by atoms with E-state index in [1.807, 2.05) is 44.6 Å². The van der Waals surface area contributed by atoms with E-state index in [-0.39, 0.29) is 24.0 Å². The summed E-state index contributed by atoms with van der Waals surface area (Å²) in [6, 6.07) is 16.6. The van der Waals surface area contributed by atoms with E-state index < -0.39 is 0 Å². The average molecular weight is 519 g/mol. The highest BCUT2D eigenvalue weighted by molar-refractivity contribution is 14.0. The fourth-order valence-electron chi connectivity index (χ4n) is 3.34. The van der Waals surface area contributed by atoms with Crippen LogP contribution in [0.5, 0.6) is 5.75 Å². The smallest absolute Gasteiger partial charge is 0.193 e.